The summed E-state index contributed by atoms with van der Waals surface area (Å²) >= 11 is 0. The minimum atomic E-state index is -0.510. The van der Waals surface area contributed by atoms with Gasteiger partial charge in [0.15, 0.2) is 22.9 Å². The van der Waals surface area contributed by atoms with Gasteiger partial charge in [-0.25, -0.2) is 34.7 Å². The summed E-state index contributed by atoms with van der Waals surface area (Å²) in [5.41, 5.74) is 1.99. The number of aromatic nitrogens is 8. The smallest absolute Gasteiger partial charge is 0.326 e. The number of nitrogens with one attached hydrogen (secondary N) is 4. The zero-order valence-electron chi connectivity index (χ0n) is 10.9. The molecule has 0 atom stereocenters. The highest BCUT2D eigenvalue weighted by atomic mass is 16.2. The Hall–Kier alpha value is -3.63. The van der Waals surface area contributed by atoms with Crippen LogP contribution in [-0.2, 0) is 0 Å². The van der Waals surface area contributed by atoms with Crippen LogP contribution >= 0.6 is 0 Å². The number of rotatable bonds is 2. The van der Waals surface area contributed by atoms with Crippen molar-refractivity contribution in [3.05, 3.63) is 25.3 Å². The summed E-state index contributed by atoms with van der Waals surface area (Å²) in [5.74, 6) is 0.629. The van der Waals surface area contributed by atoms with Crippen LogP contribution in [0.2, 0.25) is 0 Å². The fraction of sp³-hybridized carbons (Fsp3) is 0. The number of carbonyl (C=O) groups excluding carboxylic acids is 1. The van der Waals surface area contributed by atoms with E-state index in [4.69, 9.17) is 0 Å². The third kappa shape index (κ3) is 1.96. The second-order valence-electron chi connectivity index (χ2n) is 4.23. The molecule has 0 unspecified atom stereocenters. The number of aromatic amines is 2. The molecule has 11 heteroatoms. The number of amides is 2. The number of H-pyrrole nitrogens is 2. The van der Waals surface area contributed by atoms with Crippen LogP contribution in [0, 0.1) is 0 Å². The average molecular weight is 296 g/mol. The van der Waals surface area contributed by atoms with Crippen LogP contribution in [0.15, 0.2) is 25.3 Å². The monoisotopic (exact) mass is 296 g/mol. The lowest BCUT2D eigenvalue weighted by molar-refractivity contribution is 0.262. The Morgan fingerprint density at radius 1 is 0.773 bits per heavy atom. The van der Waals surface area contributed by atoms with Crippen LogP contribution in [0.4, 0.5) is 16.4 Å². The fourth-order valence-corrected chi connectivity index (χ4v) is 1.97. The third-order valence-electron chi connectivity index (χ3n) is 2.91. The number of nitrogens with zero attached hydrogens (tertiary/aromatic N) is 6. The number of fused-ring (bicyclic) bond motifs is 2. The van der Waals surface area contributed by atoms with Crippen LogP contribution < -0.4 is 10.6 Å². The molecule has 0 aromatic carbocycles. The number of hydrogen-bond acceptors (Lipinski definition) is 7. The van der Waals surface area contributed by atoms with E-state index in [2.05, 4.69) is 50.5 Å². The molecule has 2 amide bonds. The van der Waals surface area contributed by atoms with E-state index in [1.165, 1.54) is 25.3 Å². The van der Waals surface area contributed by atoms with Gasteiger partial charge in [0, 0.05) is 0 Å². The van der Waals surface area contributed by atoms with E-state index in [1.807, 2.05) is 0 Å². The largest absolute Gasteiger partial charge is 0.340 e. The molecule has 0 bridgehead atoms. The molecule has 0 saturated heterocycles. The molecule has 11 nitrogen and oxygen atoms in total. The summed E-state index contributed by atoms with van der Waals surface area (Å²) in [4.78, 5) is 41.8. The van der Waals surface area contributed by atoms with E-state index in [0.29, 0.717) is 34.0 Å². The van der Waals surface area contributed by atoms with Crippen molar-refractivity contribution >= 4 is 40.0 Å². The number of anilines is 2. The third-order valence-corrected chi connectivity index (χ3v) is 2.91. The predicted molar refractivity (Wildman–Crippen MR) is 76.0 cm³/mol. The number of carbonyl (C=O) groups is 1. The molecule has 4 N–H and O–H groups in total. The molecular weight excluding hydrogens is 288 g/mol. The summed E-state index contributed by atoms with van der Waals surface area (Å²) in [5, 5.41) is 5.22. The Kier molecular flexibility index (Phi) is 2.61. The number of imidazole rings is 2. The minimum absolute atomic E-state index is 0.315. The normalized spacial score (nSPS) is 10.9. The van der Waals surface area contributed by atoms with Crippen molar-refractivity contribution in [1.82, 2.24) is 39.9 Å². The van der Waals surface area contributed by atoms with E-state index in [-0.39, 0.29) is 0 Å². The quantitative estimate of drug-likeness (QED) is 0.424. The SMILES string of the molecule is O=C(Nc1ncnc2nc[nH]c12)Nc1ncnc2nc[nH]c12. The minimum Gasteiger partial charge on any atom is -0.340 e. The molecule has 0 spiro atoms. The summed E-state index contributed by atoms with van der Waals surface area (Å²) in [6.07, 6.45) is 5.58. The molecule has 4 aromatic heterocycles. The molecule has 4 rings (SSSR count). The van der Waals surface area contributed by atoms with Crippen molar-refractivity contribution in [3.63, 3.8) is 0 Å². The van der Waals surface area contributed by atoms with Crippen molar-refractivity contribution in [2.45, 2.75) is 0 Å². The Labute approximate surface area is 121 Å². The van der Waals surface area contributed by atoms with E-state index >= 15 is 0 Å². The molecule has 0 radical (unpaired) electrons. The molecule has 4 aromatic rings. The maximum absolute atomic E-state index is 12.1. The molecule has 0 fully saturated rings. The molecule has 22 heavy (non-hydrogen) atoms. The summed E-state index contributed by atoms with van der Waals surface area (Å²) in [6, 6.07) is -0.510. The Morgan fingerprint density at radius 2 is 1.27 bits per heavy atom. The first-order chi connectivity index (χ1) is 10.8. The van der Waals surface area contributed by atoms with E-state index < -0.39 is 6.03 Å². The van der Waals surface area contributed by atoms with Gasteiger partial charge in [0.1, 0.15) is 23.7 Å². The molecule has 0 saturated carbocycles. The van der Waals surface area contributed by atoms with Crippen molar-refractivity contribution < 1.29 is 4.79 Å². The van der Waals surface area contributed by atoms with Crippen molar-refractivity contribution in [2.75, 3.05) is 10.6 Å². The van der Waals surface area contributed by atoms with Gasteiger partial charge in [0.2, 0.25) is 0 Å². The van der Waals surface area contributed by atoms with Gasteiger partial charge in [0.05, 0.1) is 12.7 Å². The first-order valence-corrected chi connectivity index (χ1v) is 6.17. The van der Waals surface area contributed by atoms with Crippen LogP contribution in [0.5, 0.6) is 0 Å². The summed E-state index contributed by atoms with van der Waals surface area (Å²) in [7, 11) is 0. The zero-order valence-corrected chi connectivity index (χ0v) is 10.9. The van der Waals surface area contributed by atoms with Gasteiger partial charge in [-0.15, -0.1) is 0 Å². The highest BCUT2D eigenvalue weighted by Crippen LogP contribution is 2.17. The van der Waals surface area contributed by atoms with Gasteiger partial charge in [-0.1, -0.05) is 0 Å². The van der Waals surface area contributed by atoms with E-state index in [1.54, 1.807) is 0 Å². The Bertz CT molecular complexity index is 895. The summed E-state index contributed by atoms with van der Waals surface area (Å²) in [6.45, 7) is 0. The first-order valence-electron chi connectivity index (χ1n) is 6.17. The van der Waals surface area contributed by atoms with Gasteiger partial charge >= 0.3 is 6.03 Å². The van der Waals surface area contributed by atoms with Gasteiger partial charge in [-0.05, 0) is 0 Å². The molecule has 0 aliphatic rings. The fourth-order valence-electron chi connectivity index (χ4n) is 1.97. The van der Waals surface area contributed by atoms with Crippen molar-refractivity contribution in [2.24, 2.45) is 0 Å². The Balaban J connectivity index is 1.60. The molecule has 0 aliphatic heterocycles. The lowest BCUT2D eigenvalue weighted by Crippen LogP contribution is -2.21. The van der Waals surface area contributed by atoms with Crippen LogP contribution in [0.25, 0.3) is 22.3 Å². The molecular formula is C11H8N10O. The zero-order chi connectivity index (χ0) is 14.9. The first kappa shape index (κ1) is 12.1. The standard InChI is InChI=1S/C11H8N10O/c22-11(20-9-5-7(14-1-12-5)16-3-18-9)21-10-6-8(15-2-13-6)17-4-19-10/h1-4H,(H4,12,13,14,15,16,17,18,19,20,21,22). The second-order valence-corrected chi connectivity index (χ2v) is 4.23. The Morgan fingerprint density at radius 3 is 1.77 bits per heavy atom. The predicted octanol–water partition coefficient (Wildman–Crippen LogP) is 0.663. The topological polar surface area (TPSA) is 150 Å². The second kappa shape index (κ2) is 4.73. The number of hydrogen-bond donors (Lipinski definition) is 4. The molecule has 108 valence electrons. The van der Waals surface area contributed by atoms with Gasteiger partial charge in [0.25, 0.3) is 0 Å². The van der Waals surface area contributed by atoms with E-state index in [9.17, 15) is 4.79 Å². The van der Waals surface area contributed by atoms with Crippen molar-refractivity contribution in [3.8, 4) is 0 Å². The van der Waals surface area contributed by atoms with Crippen LogP contribution in [-0.4, -0.2) is 45.9 Å². The van der Waals surface area contributed by atoms with Gasteiger partial charge < -0.3 is 9.97 Å². The molecule has 0 aliphatic carbocycles. The highest BCUT2D eigenvalue weighted by molar-refractivity contribution is 6.05. The number of urea groups is 1. The van der Waals surface area contributed by atoms with Gasteiger partial charge in [-0.2, -0.15) is 0 Å². The maximum atomic E-state index is 12.1. The summed E-state index contributed by atoms with van der Waals surface area (Å²) < 4.78 is 0. The van der Waals surface area contributed by atoms with Crippen molar-refractivity contribution in [1.29, 1.82) is 0 Å². The lowest BCUT2D eigenvalue weighted by atomic mass is 10.5. The lowest BCUT2D eigenvalue weighted by Gasteiger charge is -2.06. The van der Waals surface area contributed by atoms with Gasteiger partial charge in [-0.3, -0.25) is 10.6 Å². The average Bonchev–Trinajstić information content (AvgIpc) is 3.16. The maximum Gasteiger partial charge on any atom is 0.326 e. The van der Waals surface area contributed by atoms with Crippen LogP contribution in [0.3, 0.4) is 0 Å². The van der Waals surface area contributed by atoms with E-state index in [0.717, 1.165) is 0 Å². The molecule has 4 heterocycles. The highest BCUT2D eigenvalue weighted by Gasteiger charge is 2.12. The van der Waals surface area contributed by atoms with Crippen LogP contribution in [0.1, 0.15) is 0 Å².